The molecular weight excluding hydrogens is 240 g/mol. The van der Waals surface area contributed by atoms with E-state index in [1.807, 2.05) is 12.1 Å². The molecule has 1 aliphatic carbocycles. The highest BCUT2D eigenvalue weighted by Crippen LogP contribution is 2.46. The molecule has 1 aromatic carbocycles. The minimum absolute atomic E-state index is 0.144. The molecule has 0 atom stereocenters. The predicted molar refractivity (Wildman–Crippen MR) is 73.8 cm³/mol. The van der Waals surface area contributed by atoms with Crippen LogP contribution in [0.5, 0.6) is 0 Å². The number of furan rings is 1. The van der Waals surface area contributed by atoms with Crippen LogP contribution in [0.4, 0.5) is 0 Å². The van der Waals surface area contributed by atoms with Crippen LogP contribution in [-0.4, -0.2) is 11.1 Å². The van der Waals surface area contributed by atoms with Gasteiger partial charge in [-0.3, -0.25) is 0 Å². The number of benzene rings is 1. The number of aryl methyl sites for hydroxylation is 1. The standard InChI is InChI=1S/C16H18O3/c1-2-3-4-10-5-8-13-12(9-10)14(11-6-7-11)15(19-13)16(17)18/h5,8-9,11H,2-4,6-7H2,1H3,(H,17,18). The summed E-state index contributed by atoms with van der Waals surface area (Å²) in [5.41, 5.74) is 2.90. The summed E-state index contributed by atoms with van der Waals surface area (Å²) in [6.07, 6.45) is 5.53. The smallest absolute Gasteiger partial charge is 0.372 e. The molecule has 3 nitrogen and oxygen atoms in total. The molecule has 0 amide bonds. The van der Waals surface area contributed by atoms with Crippen molar-refractivity contribution in [3.05, 3.63) is 35.1 Å². The lowest BCUT2D eigenvalue weighted by molar-refractivity contribution is 0.0663. The van der Waals surface area contributed by atoms with Gasteiger partial charge in [-0.1, -0.05) is 19.4 Å². The van der Waals surface area contributed by atoms with E-state index >= 15 is 0 Å². The first-order valence-electron chi connectivity index (χ1n) is 6.99. The van der Waals surface area contributed by atoms with Crippen molar-refractivity contribution < 1.29 is 14.3 Å². The van der Waals surface area contributed by atoms with E-state index in [0.29, 0.717) is 11.5 Å². The van der Waals surface area contributed by atoms with Gasteiger partial charge in [0.2, 0.25) is 5.76 Å². The largest absolute Gasteiger partial charge is 0.475 e. The fraction of sp³-hybridized carbons (Fsp3) is 0.438. The van der Waals surface area contributed by atoms with Gasteiger partial charge in [-0.2, -0.15) is 0 Å². The molecule has 3 heteroatoms. The quantitative estimate of drug-likeness (QED) is 0.867. The zero-order valence-corrected chi connectivity index (χ0v) is 11.1. The van der Waals surface area contributed by atoms with Crippen LogP contribution in [0.2, 0.25) is 0 Å². The number of carboxylic acid groups (broad SMARTS) is 1. The van der Waals surface area contributed by atoms with E-state index in [4.69, 9.17) is 4.42 Å². The van der Waals surface area contributed by atoms with E-state index in [9.17, 15) is 9.90 Å². The summed E-state index contributed by atoms with van der Waals surface area (Å²) < 4.78 is 5.52. The Morgan fingerprint density at radius 2 is 2.21 bits per heavy atom. The summed E-state index contributed by atoms with van der Waals surface area (Å²) >= 11 is 0. The minimum Gasteiger partial charge on any atom is -0.475 e. The Morgan fingerprint density at radius 1 is 1.42 bits per heavy atom. The Morgan fingerprint density at radius 3 is 2.84 bits per heavy atom. The first-order chi connectivity index (χ1) is 9.20. The van der Waals surface area contributed by atoms with E-state index in [0.717, 1.165) is 36.6 Å². The topological polar surface area (TPSA) is 50.4 Å². The van der Waals surface area contributed by atoms with Gasteiger partial charge in [-0.05, 0) is 49.3 Å². The van der Waals surface area contributed by atoms with Gasteiger partial charge >= 0.3 is 5.97 Å². The van der Waals surface area contributed by atoms with Crippen molar-refractivity contribution >= 4 is 16.9 Å². The van der Waals surface area contributed by atoms with Crippen LogP contribution in [0.25, 0.3) is 11.0 Å². The number of carboxylic acids is 1. The van der Waals surface area contributed by atoms with Crippen molar-refractivity contribution in [1.29, 1.82) is 0 Å². The third kappa shape index (κ3) is 2.25. The van der Waals surface area contributed by atoms with Gasteiger partial charge in [-0.25, -0.2) is 4.79 Å². The molecule has 1 heterocycles. The van der Waals surface area contributed by atoms with Gasteiger partial charge < -0.3 is 9.52 Å². The van der Waals surface area contributed by atoms with Gasteiger partial charge in [0.1, 0.15) is 5.58 Å². The first-order valence-corrected chi connectivity index (χ1v) is 6.99. The number of unbranched alkanes of at least 4 members (excludes halogenated alkanes) is 1. The van der Waals surface area contributed by atoms with Crippen LogP contribution in [0, 0.1) is 0 Å². The highest BCUT2D eigenvalue weighted by molar-refractivity contribution is 5.96. The van der Waals surface area contributed by atoms with Crippen molar-refractivity contribution in [1.82, 2.24) is 0 Å². The minimum atomic E-state index is -0.951. The maximum absolute atomic E-state index is 11.3. The van der Waals surface area contributed by atoms with Crippen LogP contribution in [-0.2, 0) is 6.42 Å². The maximum Gasteiger partial charge on any atom is 0.372 e. The summed E-state index contributed by atoms with van der Waals surface area (Å²) in [6.45, 7) is 2.18. The average molecular weight is 258 g/mol. The molecule has 1 fully saturated rings. The molecule has 0 aliphatic heterocycles. The van der Waals surface area contributed by atoms with Gasteiger partial charge in [0, 0.05) is 10.9 Å². The first kappa shape index (κ1) is 12.3. The SMILES string of the molecule is CCCCc1ccc2oc(C(=O)O)c(C3CC3)c2c1. The Bertz CT molecular complexity index is 620. The highest BCUT2D eigenvalue weighted by Gasteiger charge is 2.33. The lowest BCUT2D eigenvalue weighted by Crippen LogP contribution is -1.97. The summed E-state index contributed by atoms with van der Waals surface area (Å²) in [5, 5.41) is 10.3. The molecule has 0 saturated heterocycles. The molecule has 19 heavy (non-hydrogen) atoms. The normalized spacial score (nSPS) is 15.0. The molecule has 1 N–H and O–H groups in total. The van der Waals surface area contributed by atoms with Crippen molar-refractivity contribution in [2.75, 3.05) is 0 Å². The van der Waals surface area contributed by atoms with Crippen molar-refractivity contribution in [3.63, 3.8) is 0 Å². The van der Waals surface area contributed by atoms with E-state index in [2.05, 4.69) is 13.0 Å². The van der Waals surface area contributed by atoms with E-state index < -0.39 is 5.97 Å². The van der Waals surface area contributed by atoms with Crippen molar-refractivity contribution in [2.24, 2.45) is 0 Å². The Balaban J connectivity index is 2.09. The Hall–Kier alpha value is -1.77. The summed E-state index contributed by atoms with van der Waals surface area (Å²) in [7, 11) is 0. The number of aromatic carboxylic acids is 1. The second-order valence-electron chi connectivity index (χ2n) is 5.36. The molecule has 1 saturated carbocycles. The Kier molecular flexibility index (Phi) is 3.05. The molecule has 100 valence electrons. The van der Waals surface area contributed by atoms with Crippen LogP contribution in [0.15, 0.2) is 22.6 Å². The zero-order chi connectivity index (χ0) is 13.4. The predicted octanol–water partition coefficient (Wildman–Crippen LogP) is 4.35. The molecule has 0 bridgehead atoms. The third-order valence-corrected chi connectivity index (χ3v) is 3.79. The Labute approximate surface area is 112 Å². The monoisotopic (exact) mass is 258 g/mol. The fourth-order valence-electron chi connectivity index (χ4n) is 2.64. The number of rotatable bonds is 5. The van der Waals surface area contributed by atoms with Crippen LogP contribution in [0.3, 0.4) is 0 Å². The van der Waals surface area contributed by atoms with E-state index in [-0.39, 0.29) is 5.76 Å². The average Bonchev–Trinajstić information content (AvgIpc) is 3.16. The molecule has 0 spiro atoms. The molecule has 0 unspecified atom stereocenters. The number of hydrogen-bond donors (Lipinski definition) is 1. The summed E-state index contributed by atoms with van der Waals surface area (Å²) in [5.74, 6) is -0.424. The van der Waals surface area contributed by atoms with Gasteiger partial charge in [-0.15, -0.1) is 0 Å². The molecule has 3 rings (SSSR count). The number of hydrogen-bond acceptors (Lipinski definition) is 2. The summed E-state index contributed by atoms with van der Waals surface area (Å²) in [4.78, 5) is 11.3. The van der Waals surface area contributed by atoms with Crippen LogP contribution >= 0.6 is 0 Å². The molecule has 0 radical (unpaired) electrons. The van der Waals surface area contributed by atoms with Crippen LogP contribution < -0.4 is 0 Å². The van der Waals surface area contributed by atoms with Crippen molar-refractivity contribution in [3.8, 4) is 0 Å². The highest BCUT2D eigenvalue weighted by atomic mass is 16.4. The van der Waals surface area contributed by atoms with Crippen LogP contribution in [0.1, 0.15) is 60.2 Å². The molecule has 1 aromatic heterocycles. The fourth-order valence-corrected chi connectivity index (χ4v) is 2.64. The van der Waals surface area contributed by atoms with Gasteiger partial charge in [0.05, 0.1) is 0 Å². The number of carbonyl (C=O) groups is 1. The maximum atomic E-state index is 11.3. The molecule has 1 aliphatic rings. The summed E-state index contributed by atoms with van der Waals surface area (Å²) in [6, 6.07) is 6.08. The third-order valence-electron chi connectivity index (χ3n) is 3.79. The van der Waals surface area contributed by atoms with E-state index in [1.54, 1.807) is 0 Å². The van der Waals surface area contributed by atoms with Crippen molar-refractivity contribution in [2.45, 2.75) is 44.9 Å². The second kappa shape index (κ2) is 4.72. The number of fused-ring (bicyclic) bond motifs is 1. The zero-order valence-electron chi connectivity index (χ0n) is 11.1. The van der Waals surface area contributed by atoms with E-state index in [1.165, 1.54) is 12.0 Å². The molecule has 2 aromatic rings. The lowest BCUT2D eigenvalue weighted by Gasteiger charge is -2.01. The second-order valence-corrected chi connectivity index (χ2v) is 5.36. The lowest BCUT2D eigenvalue weighted by atomic mass is 10.0. The van der Waals surface area contributed by atoms with Gasteiger partial charge in [0.25, 0.3) is 0 Å². The molecular formula is C16H18O3. The van der Waals surface area contributed by atoms with Gasteiger partial charge in [0.15, 0.2) is 0 Å².